The molecule has 0 spiro atoms. The van der Waals surface area contributed by atoms with Crippen molar-refractivity contribution in [2.24, 2.45) is 0 Å². The molecule has 1 aliphatic heterocycles. The Kier molecular flexibility index (Phi) is 3.33. The molecule has 1 unspecified atom stereocenters. The summed E-state index contributed by atoms with van der Waals surface area (Å²) < 4.78 is 4.59. The van der Waals surface area contributed by atoms with Gasteiger partial charge in [-0.2, -0.15) is 0 Å². The number of nitrogens with one attached hydrogen (secondary N) is 2. The number of nitrogens with zero attached hydrogens (tertiary/aromatic N) is 2. The van der Waals surface area contributed by atoms with E-state index in [1.54, 1.807) is 0 Å². The minimum absolute atomic E-state index is 0.0351. The van der Waals surface area contributed by atoms with E-state index in [2.05, 4.69) is 20.0 Å². The van der Waals surface area contributed by atoms with Crippen LogP contribution in [0.25, 0.3) is 0 Å². The largest absolute Gasteiger partial charge is 0.453 e. The molecule has 108 valence electrons. The maximum Gasteiger partial charge on any atom is 0.407 e. The molecule has 0 aromatic carbocycles. The summed E-state index contributed by atoms with van der Waals surface area (Å²) in [5.74, 6) is 1.90. The van der Waals surface area contributed by atoms with Gasteiger partial charge >= 0.3 is 6.09 Å². The smallest absolute Gasteiger partial charge is 0.407 e. The summed E-state index contributed by atoms with van der Waals surface area (Å²) in [6.45, 7) is 1.42. The number of H-pyrrole nitrogens is 1. The summed E-state index contributed by atoms with van der Waals surface area (Å²) in [6.07, 6.45) is 2.59. The third-order valence-corrected chi connectivity index (χ3v) is 3.73. The lowest BCUT2D eigenvalue weighted by molar-refractivity contribution is 0.167. The van der Waals surface area contributed by atoms with Crippen LogP contribution in [0.1, 0.15) is 31.0 Å². The quantitative estimate of drug-likeness (QED) is 0.844. The number of aromatic amines is 1. The molecule has 2 N–H and O–H groups in total. The van der Waals surface area contributed by atoms with E-state index in [9.17, 15) is 9.59 Å². The van der Waals surface area contributed by atoms with Crippen LogP contribution in [0.4, 0.5) is 10.6 Å². The average Bonchev–Trinajstić information content (AvgIpc) is 3.18. The van der Waals surface area contributed by atoms with E-state index in [0.717, 1.165) is 31.6 Å². The number of rotatable bonds is 3. The highest BCUT2D eigenvalue weighted by atomic mass is 16.5. The molecule has 3 rings (SSSR count). The fourth-order valence-corrected chi connectivity index (χ4v) is 2.49. The Morgan fingerprint density at radius 1 is 1.50 bits per heavy atom. The third-order valence-electron chi connectivity index (χ3n) is 3.73. The number of carbonyl (C=O) groups is 1. The zero-order valence-electron chi connectivity index (χ0n) is 11.4. The van der Waals surface area contributed by atoms with Crippen molar-refractivity contribution in [1.29, 1.82) is 0 Å². The first kappa shape index (κ1) is 13.0. The fourth-order valence-electron chi connectivity index (χ4n) is 2.49. The number of carbonyl (C=O) groups excluding carboxylic acids is 1. The minimum atomic E-state index is -0.422. The molecule has 0 bridgehead atoms. The van der Waals surface area contributed by atoms with Crippen molar-refractivity contribution in [2.75, 3.05) is 25.1 Å². The number of aromatic nitrogens is 2. The molecule has 1 atom stereocenters. The van der Waals surface area contributed by atoms with Crippen molar-refractivity contribution in [2.45, 2.75) is 31.2 Å². The maximum absolute atomic E-state index is 11.7. The lowest BCUT2D eigenvalue weighted by Gasteiger charge is -2.18. The van der Waals surface area contributed by atoms with Crippen LogP contribution in [-0.4, -0.2) is 42.3 Å². The summed E-state index contributed by atoms with van der Waals surface area (Å²) in [4.78, 5) is 32.3. The van der Waals surface area contributed by atoms with Gasteiger partial charge in [0.15, 0.2) is 0 Å². The highest BCUT2D eigenvalue weighted by molar-refractivity contribution is 5.67. The van der Waals surface area contributed by atoms with Gasteiger partial charge in [-0.3, -0.25) is 4.79 Å². The van der Waals surface area contributed by atoms with Crippen LogP contribution < -0.4 is 15.8 Å². The van der Waals surface area contributed by atoms with E-state index in [-0.39, 0.29) is 11.6 Å². The van der Waals surface area contributed by atoms with E-state index in [0.29, 0.717) is 18.3 Å². The van der Waals surface area contributed by atoms with Crippen LogP contribution in [0, 0.1) is 0 Å². The predicted molar refractivity (Wildman–Crippen MR) is 73.0 cm³/mol. The first-order valence-electron chi connectivity index (χ1n) is 6.86. The SMILES string of the molecule is COC(=O)NC1CCN(c2cc(=O)[nH]c(C3CC3)n2)C1. The summed E-state index contributed by atoms with van der Waals surface area (Å²) in [6, 6.07) is 1.56. The molecular weight excluding hydrogens is 260 g/mol. The highest BCUT2D eigenvalue weighted by Gasteiger charge is 2.29. The van der Waals surface area contributed by atoms with E-state index in [1.807, 2.05) is 4.90 Å². The molecule has 2 fully saturated rings. The number of anilines is 1. The number of hydrogen-bond acceptors (Lipinski definition) is 5. The normalized spacial score (nSPS) is 21.9. The van der Waals surface area contributed by atoms with E-state index in [4.69, 9.17) is 0 Å². The van der Waals surface area contributed by atoms with E-state index >= 15 is 0 Å². The summed E-state index contributed by atoms with van der Waals surface area (Å²) in [7, 11) is 1.35. The monoisotopic (exact) mass is 278 g/mol. The van der Waals surface area contributed by atoms with E-state index < -0.39 is 6.09 Å². The molecule has 7 heteroatoms. The molecule has 2 aliphatic rings. The highest BCUT2D eigenvalue weighted by Crippen LogP contribution is 2.38. The Labute approximate surface area is 116 Å². The van der Waals surface area contributed by atoms with Gasteiger partial charge in [0.2, 0.25) is 0 Å². The van der Waals surface area contributed by atoms with Gasteiger partial charge in [-0.1, -0.05) is 0 Å². The molecule has 1 amide bonds. The molecule has 1 saturated carbocycles. The van der Waals surface area contributed by atoms with Crippen LogP contribution in [0.15, 0.2) is 10.9 Å². The standard InChI is InChI=1S/C13H18N4O3/c1-20-13(19)14-9-4-5-17(7-9)10-6-11(18)16-12(15-10)8-2-3-8/h6,8-9H,2-5,7H2,1H3,(H,14,19)(H,15,16,18). The number of hydrogen-bond donors (Lipinski definition) is 2. The van der Waals surface area contributed by atoms with Crippen LogP contribution in [0.5, 0.6) is 0 Å². The molecule has 1 saturated heterocycles. The Morgan fingerprint density at radius 3 is 3.00 bits per heavy atom. The van der Waals surface area contributed by atoms with Crippen molar-refractivity contribution in [3.05, 3.63) is 22.2 Å². The molecule has 20 heavy (non-hydrogen) atoms. The summed E-state index contributed by atoms with van der Waals surface area (Å²) >= 11 is 0. The molecular formula is C13H18N4O3. The van der Waals surface area contributed by atoms with Gasteiger partial charge in [-0.25, -0.2) is 9.78 Å². The van der Waals surface area contributed by atoms with Crippen LogP contribution in [0.3, 0.4) is 0 Å². The Bertz CT molecular complexity index is 567. The van der Waals surface area contributed by atoms with Gasteiger partial charge in [0.05, 0.1) is 13.2 Å². The van der Waals surface area contributed by atoms with Gasteiger partial charge in [-0.15, -0.1) is 0 Å². The zero-order chi connectivity index (χ0) is 14.1. The lowest BCUT2D eigenvalue weighted by atomic mass is 10.3. The van der Waals surface area contributed by atoms with Crippen molar-refractivity contribution in [1.82, 2.24) is 15.3 Å². The van der Waals surface area contributed by atoms with Gasteiger partial charge in [0.25, 0.3) is 5.56 Å². The lowest BCUT2D eigenvalue weighted by Crippen LogP contribution is -2.37. The number of amides is 1. The Balaban J connectivity index is 1.71. The Morgan fingerprint density at radius 2 is 2.30 bits per heavy atom. The minimum Gasteiger partial charge on any atom is -0.453 e. The Hall–Kier alpha value is -2.05. The molecule has 7 nitrogen and oxygen atoms in total. The summed E-state index contributed by atoms with van der Waals surface area (Å²) in [5, 5.41) is 2.78. The van der Waals surface area contributed by atoms with Gasteiger partial charge in [0, 0.05) is 25.1 Å². The third kappa shape index (κ3) is 2.76. The van der Waals surface area contributed by atoms with E-state index in [1.165, 1.54) is 13.2 Å². The number of alkyl carbamates (subject to hydrolysis) is 1. The van der Waals surface area contributed by atoms with Crippen molar-refractivity contribution in [3.8, 4) is 0 Å². The molecule has 0 radical (unpaired) electrons. The zero-order valence-corrected chi connectivity index (χ0v) is 11.4. The maximum atomic E-state index is 11.7. The van der Waals surface area contributed by atoms with Gasteiger partial charge in [-0.05, 0) is 19.3 Å². The first-order valence-corrected chi connectivity index (χ1v) is 6.86. The van der Waals surface area contributed by atoms with Crippen LogP contribution in [-0.2, 0) is 4.74 Å². The van der Waals surface area contributed by atoms with Gasteiger partial charge in [0.1, 0.15) is 11.6 Å². The predicted octanol–water partition coefficient (Wildman–Crippen LogP) is 0.582. The topological polar surface area (TPSA) is 87.3 Å². The summed E-state index contributed by atoms with van der Waals surface area (Å²) in [5.41, 5.74) is -0.110. The molecule has 1 aromatic heterocycles. The molecule has 1 aliphatic carbocycles. The first-order chi connectivity index (χ1) is 9.65. The van der Waals surface area contributed by atoms with Crippen LogP contribution >= 0.6 is 0 Å². The second kappa shape index (κ2) is 5.15. The average molecular weight is 278 g/mol. The number of ether oxygens (including phenoxy) is 1. The second-order valence-corrected chi connectivity index (χ2v) is 5.33. The number of methoxy groups -OCH3 is 1. The van der Waals surface area contributed by atoms with Crippen molar-refractivity contribution >= 4 is 11.9 Å². The van der Waals surface area contributed by atoms with Crippen molar-refractivity contribution < 1.29 is 9.53 Å². The molecule has 1 aromatic rings. The van der Waals surface area contributed by atoms with Gasteiger partial charge < -0.3 is 19.9 Å². The fraction of sp³-hybridized carbons (Fsp3) is 0.615. The molecule has 2 heterocycles. The van der Waals surface area contributed by atoms with Crippen LogP contribution in [0.2, 0.25) is 0 Å². The second-order valence-electron chi connectivity index (χ2n) is 5.33. The van der Waals surface area contributed by atoms with Crippen molar-refractivity contribution in [3.63, 3.8) is 0 Å².